The molecule has 0 spiro atoms. The van der Waals surface area contributed by atoms with Crippen LogP contribution in [0.4, 0.5) is 10.1 Å². The van der Waals surface area contributed by atoms with Crippen LogP contribution in [-0.2, 0) is 32.6 Å². The van der Waals surface area contributed by atoms with Crippen molar-refractivity contribution in [1.29, 1.82) is 0 Å². The Morgan fingerprint density at radius 2 is 1.31 bits per heavy atom. The van der Waals surface area contributed by atoms with Crippen LogP contribution < -0.4 is 9.62 Å². The highest BCUT2D eigenvalue weighted by atomic mass is 32.2. The Kier molecular flexibility index (Phi) is 10.6. The fourth-order valence-electron chi connectivity index (χ4n) is 5.74. The molecule has 1 N–H and O–H groups in total. The van der Waals surface area contributed by atoms with E-state index in [4.69, 9.17) is 0 Å². The quantitative estimate of drug-likeness (QED) is 0.205. The molecule has 0 bridgehead atoms. The van der Waals surface area contributed by atoms with Crippen LogP contribution in [0.1, 0.15) is 43.2 Å². The number of anilines is 1. The average Bonchev–Trinajstić information content (AvgIpc) is 3.07. The molecular weight excluding hydrogens is 589 g/mol. The van der Waals surface area contributed by atoms with Gasteiger partial charge in [-0.3, -0.25) is 13.9 Å². The van der Waals surface area contributed by atoms with E-state index in [9.17, 15) is 22.4 Å². The molecule has 2 amide bonds. The minimum Gasteiger partial charge on any atom is -0.352 e. The summed E-state index contributed by atoms with van der Waals surface area (Å²) in [5.41, 5.74) is 1.97. The monoisotopic (exact) mass is 627 g/mol. The number of halogens is 1. The molecule has 5 rings (SSSR count). The number of para-hydroxylation sites is 1. The predicted molar refractivity (Wildman–Crippen MR) is 173 cm³/mol. The first-order chi connectivity index (χ1) is 21.8. The summed E-state index contributed by atoms with van der Waals surface area (Å²) in [6.45, 7) is -0.451. The van der Waals surface area contributed by atoms with Crippen LogP contribution in [0.3, 0.4) is 0 Å². The second-order valence-electron chi connectivity index (χ2n) is 11.4. The summed E-state index contributed by atoms with van der Waals surface area (Å²) in [5.74, 6) is -1.37. The lowest BCUT2D eigenvalue weighted by Gasteiger charge is -2.35. The molecule has 1 atom stereocenters. The van der Waals surface area contributed by atoms with E-state index in [0.717, 1.165) is 59.7 Å². The first-order valence-electron chi connectivity index (χ1n) is 15.3. The van der Waals surface area contributed by atoms with Crippen LogP contribution in [-0.4, -0.2) is 43.8 Å². The summed E-state index contributed by atoms with van der Waals surface area (Å²) >= 11 is 0. The van der Waals surface area contributed by atoms with Crippen LogP contribution >= 0.6 is 0 Å². The molecule has 0 saturated heterocycles. The van der Waals surface area contributed by atoms with Gasteiger partial charge in [-0.05, 0) is 60.4 Å². The van der Waals surface area contributed by atoms with Gasteiger partial charge in [0.2, 0.25) is 11.8 Å². The van der Waals surface area contributed by atoms with Crippen molar-refractivity contribution in [2.24, 2.45) is 0 Å². The molecule has 0 aliphatic heterocycles. The molecule has 4 aromatic rings. The Morgan fingerprint density at radius 3 is 1.91 bits per heavy atom. The lowest BCUT2D eigenvalue weighted by molar-refractivity contribution is -0.140. The highest BCUT2D eigenvalue weighted by Crippen LogP contribution is 2.25. The minimum atomic E-state index is -4.28. The number of benzene rings is 4. The third-order valence-corrected chi connectivity index (χ3v) is 9.93. The SMILES string of the molecule is O=C(NC1CCCCC1)[C@@H](Cc1ccccc1)N(Cc1ccccc1)C(=O)CN(c1ccccc1)S(=O)(=O)c1ccc(F)cc1. The lowest BCUT2D eigenvalue weighted by Crippen LogP contribution is -2.55. The van der Waals surface area contributed by atoms with Gasteiger partial charge in [-0.15, -0.1) is 0 Å². The summed E-state index contributed by atoms with van der Waals surface area (Å²) in [4.78, 5) is 29.9. The smallest absolute Gasteiger partial charge is 0.264 e. The Hall–Kier alpha value is -4.50. The van der Waals surface area contributed by atoms with Crippen LogP contribution in [0.5, 0.6) is 0 Å². The molecule has 234 valence electrons. The van der Waals surface area contributed by atoms with Crippen LogP contribution in [0, 0.1) is 5.82 Å². The molecule has 0 unspecified atom stereocenters. The summed E-state index contributed by atoms with van der Waals surface area (Å²) in [6, 6.07) is 30.8. The van der Waals surface area contributed by atoms with Crippen LogP contribution in [0.2, 0.25) is 0 Å². The highest BCUT2D eigenvalue weighted by molar-refractivity contribution is 7.92. The van der Waals surface area contributed by atoms with Crippen molar-refractivity contribution < 1.29 is 22.4 Å². The van der Waals surface area contributed by atoms with Gasteiger partial charge >= 0.3 is 0 Å². The molecule has 1 saturated carbocycles. The molecule has 0 radical (unpaired) electrons. The maximum Gasteiger partial charge on any atom is 0.264 e. The number of sulfonamides is 1. The maximum absolute atomic E-state index is 14.5. The van der Waals surface area contributed by atoms with E-state index < -0.39 is 34.3 Å². The first kappa shape index (κ1) is 31.9. The standard InChI is InChI=1S/C36H38FN3O4S/c37-30-21-23-33(24-22-30)45(43,44)40(32-19-11-4-12-20-32)27-35(41)39(26-29-15-7-2-8-16-29)34(25-28-13-5-1-6-14-28)36(42)38-31-17-9-3-10-18-31/h1-2,4-8,11-16,19-24,31,34H,3,9-10,17-18,25-27H2,(H,38,42)/t34-/m1/s1. The summed E-state index contributed by atoms with van der Waals surface area (Å²) in [6.07, 6.45) is 5.23. The third kappa shape index (κ3) is 8.36. The molecule has 1 aliphatic carbocycles. The highest BCUT2D eigenvalue weighted by Gasteiger charge is 2.35. The fraction of sp³-hybridized carbons (Fsp3) is 0.278. The number of rotatable bonds is 12. The topological polar surface area (TPSA) is 86.8 Å². The van der Waals surface area contributed by atoms with Gasteiger partial charge in [0, 0.05) is 19.0 Å². The van der Waals surface area contributed by atoms with E-state index in [2.05, 4.69) is 5.32 Å². The van der Waals surface area contributed by atoms with Crippen molar-refractivity contribution in [1.82, 2.24) is 10.2 Å². The van der Waals surface area contributed by atoms with Gasteiger partial charge in [0.05, 0.1) is 10.6 Å². The van der Waals surface area contributed by atoms with Gasteiger partial charge < -0.3 is 10.2 Å². The number of amides is 2. The molecule has 9 heteroatoms. The summed E-state index contributed by atoms with van der Waals surface area (Å²) in [7, 11) is -4.28. The van der Waals surface area contributed by atoms with Crippen molar-refractivity contribution in [2.45, 2.75) is 62.0 Å². The van der Waals surface area contributed by atoms with Gasteiger partial charge in [0.1, 0.15) is 18.4 Å². The molecule has 0 heterocycles. The molecule has 1 aliphatic rings. The van der Waals surface area contributed by atoms with Gasteiger partial charge in [-0.1, -0.05) is 98.1 Å². The summed E-state index contributed by atoms with van der Waals surface area (Å²) < 4.78 is 42.7. The number of nitrogens with zero attached hydrogens (tertiary/aromatic N) is 2. The van der Waals surface area contributed by atoms with Gasteiger partial charge in [-0.25, -0.2) is 12.8 Å². The Morgan fingerprint density at radius 1 is 0.756 bits per heavy atom. The Labute approximate surface area is 264 Å². The van der Waals surface area contributed by atoms with Gasteiger partial charge in [0.25, 0.3) is 10.0 Å². The predicted octanol–water partition coefficient (Wildman–Crippen LogP) is 6.11. The second-order valence-corrected chi connectivity index (χ2v) is 13.2. The maximum atomic E-state index is 14.5. The van der Waals surface area contributed by atoms with Gasteiger partial charge in [0.15, 0.2) is 0 Å². The van der Waals surface area contributed by atoms with E-state index in [1.54, 1.807) is 30.3 Å². The summed E-state index contributed by atoms with van der Waals surface area (Å²) in [5, 5.41) is 3.21. The number of nitrogens with one attached hydrogen (secondary N) is 1. The normalized spacial score (nSPS) is 14.3. The lowest BCUT2D eigenvalue weighted by atomic mass is 9.94. The molecule has 45 heavy (non-hydrogen) atoms. The van der Waals surface area contributed by atoms with Crippen LogP contribution in [0.15, 0.2) is 120 Å². The molecular formula is C36H38FN3O4S. The van der Waals surface area contributed by atoms with E-state index in [0.29, 0.717) is 0 Å². The number of hydrogen-bond donors (Lipinski definition) is 1. The fourth-order valence-corrected chi connectivity index (χ4v) is 7.15. The number of hydrogen-bond acceptors (Lipinski definition) is 4. The van der Waals surface area contributed by atoms with Crippen molar-refractivity contribution in [3.8, 4) is 0 Å². The minimum absolute atomic E-state index is 0.0258. The zero-order valence-corrected chi connectivity index (χ0v) is 25.9. The van der Waals surface area contributed by atoms with Crippen molar-refractivity contribution in [2.75, 3.05) is 10.8 Å². The number of carbonyl (C=O) groups is 2. The third-order valence-electron chi connectivity index (χ3n) is 8.14. The second kappa shape index (κ2) is 15.0. The van der Waals surface area contributed by atoms with E-state index >= 15 is 0 Å². The molecule has 1 fully saturated rings. The largest absolute Gasteiger partial charge is 0.352 e. The molecule has 0 aromatic heterocycles. The van der Waals surface area contributed by atoms with Crippen LogP contribution in [0.25, 0.3) is 0 Å². The van der Waals surface area contributed by atoms with Crippen molar-refractivity contribution in [3.63, 3.8) is 0 Å². The first-order valence-corrected chi connectivity index (χ1v) is 16.8. The molecule has 7 nitrogen and oxygen atoms in total. The van der Waals surface area contributed by atoms with E-state index in [1.165, 1.54) is 17.0 Å². The zero-order chi connectivity index (χ0) is 31.6. The average molecular weight is 628 g/mol. The van der Waals surface area contributed by atoms with E-state index in [1.807, 2.05) is 60.7 Å². The zero-order valence-electron chi connectivity index (χ0n) is 25.1. The van der Waals surface area contributed by atoms with E-state index in [-0.39, 0.29) is 35.5 Å². The van der Waals surface area contributed by atoms with Crippen molar-refractivity contribution in [3.05, 3.63) is 132 Å². The van der Waals surface area contributed by atoms with Gasteiger partial charge in [-0.2, -0.15) is 0 Å². The Balaban J connectivity index is 1.53. The van der Waals surface area contributed by atoms with Crippen molar-refractivity contribution >= 4 is 27.5 Å². The molecule has 4 aromatic carbocycles. The Bertz CT molecular complexity index is 1650. The number of carbonyl (C=O) groups excluding carboxylic acids is 2.